The van der Waals surface area contributed by atoms with Gasteiger partial charge in [0, 0.05) is 6.42 Å². The van der Waals surface area contributed by atoms with Gasteiger partial charge in [-0.2, -0.15) is 18.2 Å². The van der Waals surface area contributed by atoms with E-state index in [1.165, 1.54) is 6.07 Å². The minimum absolute atomic E-state index is 0.184. The van der Waals surface area contributed by atoms with Crippen LogP contribution in [0.4, 0.5) is 13.2 Å². The second kappa shape index (κ2) is 4.84. The molecule has 0 unspecified atom stereocenters. The lowest BCUT2D eigenvalue weighted by molar-refractivity contribution is -0.137. The Labute approximate surface area is 119 Å². The van der Waals surface area contributed by atoms with Crippen molar-refractivity contribution in [2.24, 2.45) is 5.73 Å². The summed E-state index contributed by atoms with van der Waals surface area (Å²) in [5.74, 6) is 0.719. The summed E-state index contributed by atoms with van der Waals surface area (Å²) in [5.41, 5.74) is 5.31. The van der Waals surface area contributed by atoms with E-state index in [9.17, 15) is 13.2 Å². The molecule has 0 atom stereocenters. The van der Waals surface area contributed by atoms with E-state index in [0.29, 0.717) is 17.3 Å². The first-order chi connectivity index (χ1) is 9.87. The lowest BCUT2D eigenvalue weighted by Crippen LogP contribution is -2.43. The zero-order valence-corrected chi connectivity index (χ0v) is 11.2. The molecule has 1 aliphatic rings. The van der Waals surface area contributed by atoms with E-state index < -0.39 is 17.3 Å². The van der Waals surface area contributed by atoms with Gasteiger partial charge in [0.2, 0.25) is 5.89 Å². The summed E-state index contributed by atoms with van der Waals surface area (Å²) in [6.07, 6.45) is -1.58. The highest BCUT2D eigenvalue weighted by atomic mass is 19.4. The van der Waals surface area contributed by atoms with Crippen LogP contribution < -0.4 is 5.73 Å². The molecule has 1 saturated carbocycles. The molecule has 0 aliphatic heterocycles. The molecule has 0 spiro atoms. The number of benzene rings is 1. The van der Waals surface area contributed by atoms with Crippen molar-refractivity contribution in [3.8, 4) is 0 Å². The number of nitrogens with zero attached hydrogens (tertiary/aromatic N) is 2. The van der Waals surface area contributed by atoms with Crippen LogP contribution in [0.15, 0.2) is 28.8 Å². The molecule has 0 amide bonds. The van der Waals surface area contributed by atoms with Crippen molar-refractivity contribution in [1.29, 1.82) is 0 Å². The number of hydrogen-bond donors (Lipinski definition) is 1. The smallest absolute Gasteiger partial charge is 0.337 e. The third-order valence-electron chi connectivity index (χ3n) is 3.76. The summed E-state index contributed by atoms with van der Waals surface area (Å²) in [7, 11) is 0. The highest BCUT2D eigenvalue weighted by Crippen LogP contribution is 2.37. The Morgan fingerprint density at radius 1 is 1.29 bits per heavy atom. The normalized spacial score (nSPS) is 17.5. The topological polar surface area (TPSA) is 64.9 Å². The van der Waals surface area contributed by atoms with Gasteiger partial charge < -0.3 is 10.3 Å². The summed E-state index contributed by atoms with van der Waals surface area (Å²) in [6.45, 7) is 0. The molecule has 3 rings (SSSR count). The Hall–Kier alpha value is -1.89. The molecule has 1 heterocycles. The van der Waals surface area contributed by atoms with Gasteiger partial charge in [-0.25, -0.2) is 0 Å². The van der Waals surface area contributed by atoms with Gasteiger partial charge in [0.1, 0.15) is 0 Å². The van der Waals surface area contributed by atoms with Gasteiger partial charge in [-0.15, -0.1) is 0 Å². The van der Waals surface area contributed by atoms with Crippen molar-refractivity contribution in [3.63, 3.8) is 0 Å². The van der Waals surface area contributed by atoms with Crippen LogP contribution >= 0.6 is 0 Å². The molecule has 0 saturated heterocycles. The maximum atomic E-state index is 12.7. The number of alkyl halides is 3. The Kier molecular flexibility index (Phi) is 3.24. The average molecular weight is 297 g/mol. The quantitative estimate of drug-likeness (QED) is 0.945. The summed E-state index contributed by atoms with van der Waals surface area (Å²) >= 11 is 0. The van der Waals surface area contributed by atoms with E-state index in [0.717, 1.165) is 31.4 Å². The van der Waals surface area contributed by atoms with Crippen LogP contribution in [0, 0.1) is 0 Å². The highest BCUT2D eigenvalue weighted by Gasteiger charge is 2.39. The molecule has 4 nitrogen and oxygen atoms in total. The highest BCUT2D eigenvalue weighted by molar-refractivity contribution is 5.27. The van der Waals surface area contributed by atoms with E-state index in [1.807, 2.05) is 0 Å². The van der Waals surface area contributed by atoms with E-state index in [4.69, 9.17) is 10.3 Å². The van der Waals surface area contributed by atoms with Crippen LogP contribution in [-0.2, 0) is 18.1 Å². The molecule has 7 heteroatoms. The second-order valence-corrected chi connectivity index (χ2v) is 5.40. The van der Waals surface area contributed by atoms with Crippen LogP contribution in [-0.4, -0.2) is 10.1 Å². The molecule has 0 radical (unpaired) electrons. The molecule has 2 aromatic rings. The van der Waals surface area contributed by atoms with Crippen molar-refractivity contribution in [2.45, 2.75) is 37.4 Å². The SMILES string of the molecule is NC1(c2nc(Cc3cccc(C(F)(F)F)c3)no2)CCC1. The molecule has 1 aromatic carbocycles. The third kappa shape index (κ3) is 2.78. The van der Waals surface area contributed by atoms with E-state index in [-0.39, 0.29) is 6.42 Å². The zero-order chi connectivity index (χ0) is 15.1. The molecule has 1 aromatic heterocycles. The number of rotatable bonds is 3. The van der Waals surface area contributed by atoms with E-state index >= 15 is 0 Å². The average Bonchev–Trinajstić information content (AvgIpc) is 2.84. The summed E-state index contributed by atoms with van der Waals surface area (Å²) in [5, 5.41) is 3.80. The summed E-state index contributed by atoms with van der Waals surface area (Å²) in [6, 6.07) is 5.11. The van der Waals surface area contributed by atoms with Crippen LogP contribution in [0.1, 0.15) is 42.1 Å². The van der Waals surface area contributed by atoms with Crippen molar-refractivity contribution in [1.82, 2.24) is 10.1 Å². The summed E-state index contributed by atoms with van der Waals surface area (Å²) in [4.78, 5) is 4.21. The van der Waals surface area contributed by atoms with Gasteiger partial charge in [0.15, 0.2) is 5.82 Å². The maximum absolute atomic E-state index is 12.7. The van der Waals surface area contributed by atoms with E-state index in [1.54, 1.807) is 6.07 Å². The van der Waals surface area contributed by atoms with Gasteiger partial charge in [-0.3, -0.25) is 0 Å². The van der Waals surface area contributed by atoms with Crippen molar-refractivity contribution >= 4 is 0 Å². The first-order valence-electron chi connectivity index (χ1n) is 6.65. The van der Waals surface area contributed by atoms with Crippen molar-refractivity contribution in [2.75, 3.05) is 0 Å². The van der Waals surface area contributed by atoms with Gasteiger partial charge in [-0.1, -0.05) is 23.4 Å². The maximum Gasteiger partial charge on any atom is 0.416 e. The predicted octanol–water partition coefficient (Wildman–Crippen LogP) is 3.02. The molecule has 1 fully saturated rings. The lowest BCUT2D eigenvalue weighted by atomic mass is 9.78. The Bertz CT molecular complexity index is 647. The Morgan fingerprint density at radius 3 is 2.67 bits per heavy atom. The third-order valence-corrected chi connectivity index (χ3v) is 3.76. The Morgan fingerprint density at radius 2 is 2.05 bits per heavy atom. The van der Waals surface area contributed by atoms with Gasteiger partial charge in [-0.05, 0) is 30.9 Å². The van der Waals surface area contributed by atoms with Crippen molar-refractivity contribution < 1.29 is 17.7 Å². The van der Waals surface area contributed by atoms with E-state index in [2.05, 4.69) is 10.1 Å². The van der Waals surface area contributed by atoms with Crippen LogP contribution in [0.3, 0.4) is 0 Å². The molecule has 0 bridgehead atoms. The second-order valence-electron chi connectivity index (χ2n) is 5.40. The zero-order valence-electron chi connectivity index (χ0n) is 11.2. The van der Waals surface area contributed by atoms with Crippen LogP contribution in [0.2, 0.25) is 0 Å². The largest absolute Gasteiger partial charge is 0.416 e. The first-order valence-corrected chi connectivity index (χ1v) is 6.65. The first kappa shape index (κ1) is 14.1. The number of aromatic nitrogens is 2. The summed E-state index contributed by atoms with van der Waals surface area (Å²) < 4.78 is 43.1. The van der Waals surface area contributed by atoms with Gasteiger partial charge in [0.25, 0.3) is 0 Å². The molecule has 2 N–H and O–H groups in total. The van der Waals surface area contributed by atoms with Gasteiger partial charge in [0.05, 0.1) is 11.1 Å². The van der Waals surface area contributed by atoms with Crippen LogP contribution in [0.25, 0.3) is 0 Å². The molecule has 1 aliphatic carbocycles. The fourth-order valence-corrected chi connectivity index (χ4v) is 2.34. The van der Waals surface area contributed by atoms with Gasteiger partial charge >= 0.3 is 6.18 Å². The molecular weight excluding hydrogens is 283 g/mol. The van der Waals surface area contributed by atoms with Crippen LogP contribution in [0.5, 0.6) is 0 Å². The minimum atomic E-state index is -4.36. The minimum Gasteiger partial charge on any atom is -0.337 e. The monoisotopic (exact) mass is 297 g/mol. The fourth-order valence-electron chi connectivity index (χ4n) is 2.34. The molecular formula is C14H14F3N3O. The number of halogens is 3. The fraction of sp³-hybridized carbons (Fsp3) is 0.429. The molecule has 21 heavy (non-hydrogen) atoms. The number of hydrogen-bond acceptors (Lipinski definition) is 4. The standard InChI is InChI=1S/C14H14F3N3O/c15-14(16,17)10-4-1-3-9(7-10)8-11-19-12(21-20-11)13(18)5-2-6-13/h1,3-4,7H,2,5-6,8,18H2. The lowest BCUT2D eigenvalue weighted by Gasteiger charge is -2.33. The number of nitrogens with two attached hydrogens (primary N) is 1. The van der Waals surface area contributed by atoms with Crippen molar-refractivity contribution in [3.05, 3.63) is 47.1 Å². The Balaban J connectivity index is 1.78. The predicted molar refractivity (Wildman–Crippen MR) is 68.3 cm³/mol. The molecule has 112 valence electrons.